The molecular formula is C13H18N2. The Labute approximate surface area is 92.1 Å². The highest BCUT2D eigenvalue weighted by Crippen LogP contribution is 2.15. The SMILES string of the molecule is CCCCN(CC#N)c1ccc(C)cc1. The summed E-state index contributed by atoms with van der Waals surface area (Å²) in [7, 11) is 0. The number of rotatable bonds is 5. The molecule has 0 unspecified atom stereocenters. The molecule has 1 aromatic rings. The number of unbranched alkanes of at least 4 members (excludes halogenated alkanes) is 1. The van der Waals surface area contributed by atoms with Crippen LogP contribution in [0.2, 0.25) is 0 Å². The molecule has 0 heterocycles. The van der Waals surface area contributed by atoms with Gasteiger partial charge in [0.05, 0.1) is 6.07 Å². The highest BCUT2D eigenvalue weighted by Gasteiger charge is 2.04. The van der Waals surface area contributed by atoms with E-state index >= 15 is 0 Å². The lowest BCUT2D eigenvalue weighted by molar-refractivity contribution is 0.748. The van der Waals surface area contributed by atoms with Gasteiger partial charge in [0.2, 0.25) is 0 Å². The first kappa shape index (κ1) is 11.6. The van der Waals surface area contributed by atoms with E-state index in [4.69, 9.17) is 5.26 Å². The van der Waals surface area contributed by atoms with Gasteiger partial charge < -0.3 is 4.90 Å². The van der Waals surface area contributed by atoms with Gasteiger partial charge in [0.1, 0.15) is 6.54 Å². The topological polar surface area (TPSA) is 27.0 Å². The van der Waals surface area contributed by atoms with E-state index < -0.39 is 0 Å². The van der Waals surface area contributed by atoms with Gasteiger partial charge in [-0.15, -0.1) is 0 Å². The van der Waals surface area contributed by atoms with Gasteiger partial charge in [0.15, 0.2) is 0 Å². The molecule has 80 valence electrons. The lowest BCUT2D eigenvalue weighted by Crippen LogP contribution is -2.24. The van der Waals surface area contributed by atoms with Crippen LogP contribution in [-0.4, -0.2) is 13.1 Å². The number of hydrogen-bond acceptors (Lipinski definition) is 2. The third-order valence-corrected chi connectivity index (χ3v) is 2.44. The number of nitriles is 1. The Hall–Kier alpha value is -1.49. The molecule has 0 amide bonds. The van der Waals surface area contributed by atoms with E-state index in [1.165, 1.54) is 5.56 Å². The molecule has 2 heteroatoms. The molecule has 0 radical (unpaired) electrons. The van der Waals surface area contributed by atoms with Crippen molar-refractivity contribution in [1.29, 1.82) is 5.26 Å². The average Bonchev–Trinajstić information content (AvgIpc) is 2.25. The maximum Gasteiger partial charge on any atom is 0.105 e. The first-order valence-electron chi connectivity index (χ1n) is 5.46. The first-order chi connectivity index (χ1) is 7.27. The van der Waals surface area contributed by atoms with E-state index in [9.17, 15) is 0 Å². The Morgan fingerprint density at radius 2 is 1.93 bits per heavy atom. The predicted molar refractivity (Wildman–Crippen MR) is 63.9 cm³/mol. The summed E-state index contributed by atoms with van der Waals surface area (Å²) in [4.78, 5) is 2.13. The van der Waals surface area contributed by atoms with Crippen LogP contribution < -0.4 is 4.90 Å². The van der Waals surface area contributed by atoms with Crippen LogP contribution in [0, 0.1) is 18.3 Å². The van der Waals surface area contributed by atoms with Crippen LogP contribution in [0.15, 0.2) is 24.3 Å². The Morgan fingerprint density at radius 1 is 1.27 bits per heavy atom. The van der Waals surface area contributed by atoms with Gasteiger partial charge in [-0.25, -0.2) is 0 Å². The van der Waals surface area contributed by atoms with Gasteiger partial charge in [-0.2, -0.15) is 5.26 Å². The van der Waals surface area contributed by atoms with E-state index in [1.807, 2.05) is 0 Å². The fraction of sp³-hybridized carbons (Fsp3) is 0.462. The lowest BCUT2D eigenvalue weighted by atomic mass is 10.2. The van der Waals surface area contributed by atoms with Crippen molar-refractivity contribution in [3.63, 3.8) is 0 Å². The van der Waals surface area contributed by atoms with Crippen LogP contribution in [-0.2, 0) is 0 Å². The fourth-order valence-electron chi connectivity index (χ4n) is 1.49. The van der Waals surface area contributed by atoms with E-state index in [-0.39, 0.29) is 0 Å². The van der Waals surface area contributed by atoms with Crippen LogP contribution in [0.4, 0.5) is 5.69 Å². The zero-order valence-corrected chi connectivity index (χ0v) is 9.53. The van der Waals surface area contributed by atoms with Crippen LogP contribution in [0.3, 0.4) is 0 Å². The number of hydrogen-bond donors (Lipinski definition) is 0. The van der Waals surface area contributed by atoms with E-state index in [0.717, 1.165) is 25.1 Å². The highest BCUT2D eigenvalue weighted by atomic mass is 15.1. The van der Waals surface area contributed by atoms with Gasteiger partial charge in [-0.05, 0) is 25.5 Å². The molecule has 0 spiro atoms. The zero-order chi connectivity index (χ0) is 11.1. The molecule has 0 aromatic heterocycles. The van der Waals surface area contributed by atoms with Gasteiger partial charge >= 0.3 is 0 Å². The normalized spacial score (nSPS) is 9.67. The van der Waals surface area contributed by atoms with Gasteiger partial charge in [0, 0.05) is 12.2 Å². The summed E-state index contributed by atoms with van der Waals surface area (Å²) in [5.74, 6) is 0. The van der Waals surface area contributed by atoms with Crippen molar-refractivity contribution < 1.29 is 0 Å². The van der Waals surface area contributed by atoms with Gasteiger partial charge in [0.25, 0.3) is 0 Å². The van der Waals surface area contributed by atoms with Crippen molar-refractivity contribution in [2.75, 3.05) is 18.0 Å². The van der Waals surface area contributed by atoms with Crippen molar-refractivity contribution >= 4 is 5.69 Å². The Morgan fingerprint density at radius 3 is 2.47 bits per heavy atom. The van der Waals surface area contributed by atoms with Crippen LogP contribution in [0.1, 0.15) is 25.3 Å². The molecule has 0 saturated carbocycles. The van der Waals surface area contributed by atoms with Crippen LogP contribution in [0.25, 0.3) is 0 Å². The van der Waals surface area contributed by atoms with E-state index in [0.29, 0.717) is 6.54 Å². The third kappa shape index (κ3) is 3.63. The van der Waals surface area contributed by atoms with Gasteiger partial charge in [-0.3, -0.25) is 0 Å². The standard InChI is InChI=1S/C13H18N2/c1-3-4-10-15(11-9-14)13-7-5-12(2)6-8-13/h5-8H,3-4,10-11H2,1-2H3. The summed E-state index contributed by atoms with van der Waals surface area (Å²) < 4.78 is 0. The number of anilines is 1. The Kier molecular flexibility index (Phi) is 4.70. The molecule has 0 fully saturated rings. The average molecular weight is 202 g/mol. The maximum absolute atomic E-state index is 8.76. The fourth-order valence-corrected chi connectivity index (χ4v) is 1.49. The minimum atomic E-state index is 0.475. The quantitative estimate of drug-likeness (QED) is 0.686. The second-order valence-electron chi connectivity index (χ2n) is 3.77. The summed E-state index contributed by atoms with van der Waals surface area (Å²) in [5.41, 5.74) is 2.40. The highest BCUT2D eigenvalue weighted by molar-refractivity contribution is 5.48. The van der Waals surface area contributed by atoms with Crippen molar-refractivity contribution in [3.05, 3.63) is 29.8 Å². The van der Waals surface area contributed by atoms with Crippen LogP contribution in [0.5, 0.6) is 0 Å². The molecule has 0 atom stereocenters. The monoisotopic (exact) mass is 202 g/mol. The predicted octanol–water partition coefficient (Wildman–Crippen LogP) is 3.13. The molecular weight excluding hydrogens is 184 g/mol. The maximum atomic E-state index is 8.76. The summed E-state index contributed by atoms with van der Waals surface area (Å²) in [6.07, 6.45) is 2.29. The minimum absolute atomic E-state index is 0.475. The third-order valence-electron chi connectivity index (χ3n) is 2.44. The Bertz CT molecular complexity index is 321. The van der Waals surface area contributed by atoms with Crippen molar-refractivity contribution in [3.8, 4) is 6.07 Å². The second-order valence-corrected chi connectivity index (χ2v) is 3.77. The number of aryl methyl sites for hydroxylation is 1. The molecule has 0 aliphatic heterocycles. The largest absolute Gasteiger partial charge is 0.358 e. The second kappa shape index (κ2) is 6.08. The van der Waals surface area contributed by atoms with Crippen molar-refractivity contribution in [2.45, 2.75) is 26.7 Å². The smallest absolute Gasteiger partial charge is 0.105 e. The van der Waals surface area contributed by atoms with Crippen molar-refractivity contribution in [2.24, 2.45) is 0 Å². The molecule has 2 nitrogen and oxygen atoms in total. The number of nitrogens with zero attached hydrogens (tertiary/aromatic N) is 2. The Balaban J connectivity index is 2.70. The molecule has 0 aliphatic carbocycles. The molecule has 15 heavy (non-hydrogen) atoms. The molecule has 1 rings (SSSR count). The van der Waals surface area contributed by atoms with E-state index in [2.05, 4.69) is 49.1 Å². The molecule has 0 bridgehead atoms. The summed E-state index contributed by atoms with van der Waals surface area (Å²) >= 11 is 0. The summed E-state index contributed by atoms with van der Waals surface area (Å²) in [6.45, 7) is 5.68. The summed E-state index contributed by atoms with van der Waals surface area (Å²) in [5, 5.41) is 8.76. The molecule has 0 aliphatic rings. The molecule has 0 N–H and O–H groups in total. The molecule has 1 aromatic carbocycles. The summed E-state index contributed by atoms with van der Waals surface area (Å²) in [6, 6.07) is 10.6. The minimum Gasteiger partial charge on any atom is -0.358 e. The molecule has 0 saturated heterocycles. The van der Waals surface area contributed by atoms with E-state index in [1.54, 1.807) is 0 Å². The first-order valence-corrected chi connectivity index (χ1v) is 5.46. The van der Waals surface area contributed by atoms with Gasteiger partial charge in [-0.1, -0.05) is 31.0 Å². The number of benzene rings is 1. The van der Waals surface area contributed by atoms with Crippen LogP contribution >= 0.6 is 0 Å². The van der Waals surface area contributed by atoms with Crippen molar-refractivity contribution in [1.82, 2.24) is 0 Å². The zero-order valence-electron chi connectivity index (χ0n) is 9.53. The lowest BCUT2D eigenvalue weighted by Gasteiger charge is -2.21.